The number of aliphatic hydroxyl groups is 1. The summed E-state index contributed by atoms with van der Waals surface area (Å²) in [6, 6.07) is 5.52. The van der Waals surface area contributed by atoms with Crippen LogP contribution >= 0.6 is 0 Å². The Hall–Kier alpha value is -1.42. The minimum absolute atomic E-state index is 0.264. The van der Waals surface area contributed by atoms with Gasteiger partial charge in [0.25, 0.3) is 0 Å². The third-order valence-corrected chi connectivity index (χ3v) is 2.38. The van der Waals surface area contributed by atoms with Crippen LogP contribution in [0.4, 0.5) is 0 Å². The molecule has 88 valence electrons. The molecule has 4 nitrogen and oxygen atoms in total. The molecule has 1 aromatic carbocycles. The molecule has 0 fully saturated rings. The van der Waals surface area contributed by atoms with Crippen LogP contribution in [0.15, 0.2) is 18.2 Å². The first-order chi connectivity index (χ1) is 7.75. The number of rotatable bonds is 5. The lowest BCUT2D eigenvalue weighted by atomic mass is 10.2. The Morgan fingerprint density at radius 2 is 2.19 bits per heavy atom. The van der Waals surface area contributed by atoms with Crippen molar-refractivity contribution in [3.63, 3.8) is 0 Å². The highest BCUT2D eigenvalue weighted by atomic mass is 16.7. The van der Waals surface area contributed by atoms with E-state index in [0.29, 0.717) is 6.61 Å². The van der Waals surface area contributed by atoms with Gasteiger partial charge in [0.15, 0.2) is 11.5 Å². The zero-order valence-electron chi connectivity index (χ0n) is 9.31. The Balaban J connectivity index is 1.81. The number of hydrogen-bond acceptors (Lipinski definition) is 4. The van der Waals surface area contributed by atoms with Crippen LogP contribution in [0, 0.1) is 0 Å². The predicted molar refractivity (Wildman–Crippen MR) is 59.0 cm³/mol. The standard InChI is InChI=1S/C12H16O4/c1-9(13)3-2-6-14-10-4-5-11-12(7-10)16-8-15-11/h4-5,7,9,13H,2-3,6,8H2,1H3. The molecular weight excluding hydrogens is 208 g/mol. The Labute approximate surface area is 94.8 Å². The number of benzene rings is 1. The zero-order valence-corrected chi connectivity index (χ0v) is 9.31. The van der Waals surface area contributed by atoms with E-state index in [9.17, 15) is 0 Å². The molecule has 1 heterocycles. The highest BCUT2D eigenvalue weighted by Crippen LogP contribution is 2.35. The molecule has 0 aliphatic carbocycles. The molecule has 0 bridgehead atoms. The van der Waals surface area contributed by atoms with Crippen LogP contribution in [0.2, 0.25) is 0 Å². The van der Waals surface area contributed by atoms with Crippen molar-refractivity contribution in [2.75, 3.05) is 13.4 Å². The molecule has 1 unspecified atom stereocenters. The molecule has 1 aliphatic rings. The van der Waals surface area contributed by atoms with Gasteiger partial charge in [-0.1, -0.05) is 0 Å². The molecule has 4 heteroatoms. The van der Waals surface area contributed by atoms with Gasteiger partial charge in [-0.15, -0.1) is 0 Å². The Kier molecular flexibility index (Phi) is 3.51. The fourth-order valence-electron chi connectivity index (χ4n) is 1.54. The monoisotopic (exact) mass is 224 g/mol. The van der Waals surface area contributed by atoms with Crippen LogP contribution in [0.5, 0.6) is 17.2 Å². The van der Waals surface area contributed by atoms with Crippen LogP contribution in [-0.2, 0) is 0 Å². The molecule has 0 spiro atoms. The number of aliphatic hydroxyl groups excluding tert-OH is 1. The van der Waals surface area contributed by atoms with Gasteiger partial charge in [0, 0.05) is 6.07 Å². The summed E-state index contributed by atoms with van der Waals surface area (Å²) in [5.74, 6) is 2.26. The number of hydrogen-bond donors (Lipinski definition) is 1. The molecule has 1 atom stereocenters. The van der Waals surface area contributed by atoms with E-state index in [1.807, 2.05) is 18.2 Å². The second kappa shape index (κ2) is 5.07. The van der Waals surface area contributed by atoms with Gasteiger partial charge < -0.3 is 19.3 Å². The first kappa shape index (κ1) is 11.1. The zero-order chi connectivity index (χ0) is 11.4. The third-order valence-electron chi connectivity index (χ3n) is 2.38. The lowest BCUT2D eigenvalue weighted by molar-refractivity contribution is 0.169. The maximum absolute atomic E-state index is 9.08. The summed E-state index contributed by atoms with van der Waals surface area (Å²) in [4.78, 5) is 0. The van der Waals surface area contributed by atoms with E-state index in [2.05, 4.69) is 0 Å². The van der Waals surface area contributed by atoms with Gasteiger partial charge >= 0.3 is 0 Å². The summed E-state index contributed by atoms with van der Waals surface area (Å²) in [6.45, 7) is 2.66. The predicted octanol–water partition coefficient (Wildman–Crippen LogP) is 1.96. The van der Waals surface area contributed by atoms with E-state index in [1.54, 1.807) is 6.92 Å². The largest absolute Gasteiger partial charge is 0.493 e. The summed E-state index contributed by atoms with van der Waals surface area (Å²) in [5, 5.41) is 9.08. The van der Waals surface area contributed by atoms with Gasteiger partial charge in [0.1, 0.15) is 5.75 Å². The van der Waals surface area contributed by atoms with E-state index < -0.39 is 0 Å². The summed E-state index contributed by atoms with van der Waals surface area (Å²) >= 11 is 0. The molecular formula is C12H16O4. The first-order valence-electron chi connectivity index (χ1n) is 5.46. The average Bonchev–Trinajstić information content (AvgIpc) is 2.71. The smallest absolute Gasteiger partial charge is 0.231 e. The molecule has 0 saturated carbocycles. The van der Waals surface area contributed by atoms with Crippen molar-refractivity contribution >= 4 is 0 Å². The van der Waals surface area contributed by atoms with Crippen molar-refractivity contribution < 1.29 is 19.3 Å². The van der Waals surface area contributed by atoms with Gasteiger partial charge in [-0.25, -0.2) is 0 Å². The second-order valence-corrected chi connectivity index (χ2v) is 3.85. The molecule has 1 N–H and O–H groups in total. The minimum atomic E-state index is -0.264. The maximum Gasteiger partial charge on any atom is 0.231 e. The number of fused-ring (bicyclic) bond motifs is 1. The SMILES string of the molecule is CC(O)CCCOc1ccc2c(c1)OCO2. The highest BCUT2D eigenvalue weighted by molar-refractivity contribution is 5.46. The van der Waals surface area contributed by atoms with Gasteiger partial charge in [-0.3, -0.25) is 0 Å². The van der Waals surface area contributed by atoms with Gasteiger partial charge in [0.2, 0.25) is 6.79 Å². The highest BCUT2D eigenvalue weighted by Gasteiger charge is 2.13. The van der Waals surface area contributed by atoms with Crippen LogP contribution in [0.25, 0.3) is 0 Å². The lowest BCUT2D eigenvalue weighted by Crippen LogP contribution is -2.04. The van der Waals surface area contributed by atoms with Gasteiger partial charge in [-0.2, -0.15) is 0 Å². The van der Waals surface area contributed by atoms with Crippen molar-refractivity contribution in [1.29, 1.82) is 0 Å². The van der Waals surface area contributed by atoms with Crippen LogP contribution in [0.1, 0.15) is 19.8 Å². The third kappa shape index (κ3) is 2.79. The Bertz CT molecular complexity index is 349. The van der Waals surface area contributed by atoms with Crippen molar-refractivity contribution in [3.8, 4) is 17.2 Å². The van der Waals surface area contributed by atoms with Crippen molar-refractivity contribution in [2.45, 2.75) is 25.9 Å². The van der Waals surface area contributed by atoms with E-state index in [4.69, 9.17) is 19.3 Å². The molecule has 0 amide bonds. The summed E-state index contributed by atoms with van der Waals surface area (Å²) in [5.41, 5.74) is 0. The van der Waals surface area contributed by atoms with Gasteiger partial charge in [-0.05, 0) is 31.9 Å². The first-order valence-corrected chi connectivity index (χ1v) is 5.46. The van der Waals surface area contributed by atoms with E-state index in [-0.39, 0.29) is 12.9 Å². The van der Waals surface area contributed by atoms with Crippen molar-refractivity contribution in [2.24, 2.45) is 0 Å². The quantitative estimate of drug-likeness (QED) is 0.777. The Morgan fingerprint density at radius 1 is 1.38 bits per heavy atom. The Morgan fingerprint density at radius 3 is 3.00 bits per heavy atom. The molecule has 1 aromatic rings. The topological polar surface area (TPSA) is 47.9 Å². The van der Waals surface area contributed by atoms with Crippen molar-refractivity contribution in [3.05, 3.63) is 18.2 Å². The van der Waals surface area contributed by atoms with Crippen LogP contribution < -0.4 is 14.2 Å². The molecule has 2 rings (SSSR count). The maximum atomic E-state index is 9.08. The minimum Gasteiger partial charge on any atom is -0.493 e. The average molecular weight is 224 g/mol. The molecule has 0 aromatic heterocycles. The molecule has 16 heavy (non-hydrogen) atoms. The number of ether oxygens (including phenoxy) is 3. The lowest BCUT2D eigenvalue weighted by Gasteiger charge is -2.07. The van der Waals surface area contributed by atoms with E-state index in [0.717, 1.165) is 30.1 Å². The molecule has 0 radical (unpaired) electrons. The van der Waals surface area contributed by atoms with Crippen molar-refractivity contribution in [1.82, 2.24) is 0 Å². The van der Waals surface area contributed by atoms with Gasteiger partial charge in [0.05, 0.1) is 12.7 Å². The van der Waals surface area contributed by atoms with E-state index >= 15 is 0 Å². The summed E-state index contributed by atoms with van der Waals surface area (Å²) in [7, 11) is 0. The second-order valence-electron chi connectivity index (χ2n) is 3.85. The normalized spacial score (nSPS) is 14.9. The molecule has 0 saturated heterocycles. The molecule has 1 aliphatic heterocycles. The fraction of sp³-hybridized carbons (Fsp3) is 0.500. The van der Waals surface area contributed by atoms with Crippen LogP contribution in [-0.4, -0.2) is 24.6 Å². The van der Waals surface area contributed by atoms with E-state index in [1.165, 1.54) is 0 Å². The summed E-state index contributed by atoms with van der Waals surface area (Å²) in [6.07, 6.45) is 1.33. The van der Waals surface area contributed by atoms with Crippen LogP contribution in [0.3, 0.4) is 0 Å². The summed E-state index contributed by atoms with van der Waals surface area (Å²) < 4.78 is 16.0. The fourth-order valence-corrected chi connectivity index (χ4v) is 1.54.